The molecule has 0 fully saturated rings. The summed E-state index contributed by atoms with van der Waals surface area (Å²) in [5, 5.41) is 13.7. The molecule has 1 aromatic heterocycles. The summed E-state index contributed by atoms with van der Waals surface area (Å²) >= 11 is 0. The highest BCUT2D eigenvalue weighted by atomic mass is 16.6. The summed E-state index contributed by atoms with van der Waals surface area (Å²) in [6.07, 6.45) is 0.287. The summed E-state index contributed by atoms with van der Waals surface area (Å²) in [5.41, 5.74) is 5.17. The molecule has 1 heterocycles. The highest BCUT2D eigenvalue weighted by Crippen LogP contribution is 2.44. The van der Waals surface area contributed by atoms with E-state index in [0.29, 0.717) is 70.9 Å². The Hall–Kier alpha value is -3.96. The number of nitrogens with one attached hydrogen (secondary N) is 3. The van der Waals surface area contributed by atoms with Gasteiger partial charge in [-0.25, -0.2) is 4.79 Å². The summed E-state index contributed by atoms with van der Waals surface area (Å²) in [5.74, 6) is 2.96. The van der Waals surface area contributed by atoms with Gasteiger partial charge in [0.1, 0.15) is 12.4 Å². The van der Waals surface area contributed by atoms with Crippen LogP contribution in [-0.2, 0) is 20.6 Å². The van der Waals surface area contributed by atoms with Crippen molar-refractivity contribution >= 4 is 17.6 Å². The third kappa shape index (κ3) is 7.80. The number of hydrogen-bond acceptors (Lipinski definition) is 9. The van der Waals surface area contributed by atoms with Gasteiger partial charge in [0.15, 0.2) is 17.3 Å². The number of aromatic amines is 1. The first-order valence-corrected chi connectivity index (χ1v) is 13.7. The highest BCUT2D eigenvalue weighted by molar-refractivity contribution is 5.81. The number of anilines is 2. The molecule has 3 N–H and O–H groups in total. The van der Waals surface area contributed by atoms with Crippen molar-refractivity contribution in [3.8, 4) is 28.5 Å². The number of carbonyl (C=O) groups is 1. The largest absolute Gasteiger partial charge is 0.494 e. The van der Waals surface area contributed by atoms with Crippen molar-refractivity contribution < 1.29 is 33.2 Å². The first kappa shape index (κ1) is 29.0. The van der Waals surface area contributed by atoms with Gasteiger partial charge < -0.3 is 39.1 Å². The van der Waals surface area contributed by atoms with E-state index >= 15 is 0 Å². The fourth-order valence-corrected chi connectivity index (χ4v) is 4.32. The maximum absolute atomic E-state index is 11.2. The molecular weight excluding hydrogens is 516 g/mol. The molecule has 0 bridgehead atoms. The molecule has 216 valence electrons. The Balaban J connectivity index is 1.28. The number of aromatic nitrogens is 2. The van der Waals surface area contributed by atoms with Crippen LogP contribution in [0.3, 0.4) is 0 Å². The average molecular weight is 555 g/mol. The van der Waals surface area contributed by atoms with E-state index in [9.17, 15) is 4.79 Å². The van der Waals surface area contributed by atoms with Crippen molar-refractivity contribution in [1.29, 1.82) is 0 Å². The van der Waals surface area contributed by atoms with Crippen LogP contribution in [0.1, 0.15) is 31.9 Å². The van der Waals surface area contributed by atoms with E-state index in [1.165, 1.54) is 0 Å². The van der Waals surface area contributed by atoms with Crippen molar-refractivity contribution in [2.24, 2.45) is 0 Å². The van der Waals surface area contributed by atoms with Gasteiger partial charge in [-0.1, -0.05) is 6.07 Å². The Kier molecular flexibility index (Phi) is 10.9. The Morgan fingerprint density at radius 3 is 2.48 bits per heavy atom. The maximum atomic E-state index is 11.2. The van der Waals surface area contributed by atoms with Crippen LogP contribution < -0.4 is 24.8 Å². The Morgan fingerprint density at radius 2 is 1.68 bits per heavy atom. The Morgan fingerprint density at radius 1 is 0.900 bits per heavy atom. The molecule has 11 heteroatoms. The highest BCUT2D eigenvalue weighted by Gasteiger charge is 2.27. The van der Waals surface area contributed by atoms with Crippen LogP contribution in [0, 0.1) is 0 Å². The Bertz CT molecular complexity index is 1250. The predicted molar refractivity (Wildman–Crippen MR) is 151 cm³/mol. The zero-order valence-corrected chi connectivity index (χ0v) is 23.3. The lowest BCUT2D eigenvalue weighted by atomic mass is 10.1. The summed E-state index contributed by atoms with van der Waals surface area (Å²) < 4.78 is 33.4. The molecule has 3 aromatic rings. The van der Waals surface area contributed by atoms with Gasteiger partial charge in [-0.3, -0.25) is 5.10 Å². The molecule has 1 aliphatic rings. The minimum atomic E-state index is -0.443. The average Bonchev–Trinajstić information content (AvgIpc) is 3.49. The van der Waals surface area contributed by atoms with Crippen LogP contribution in [-0.4, -0.2) is 75.7 Å². The molecule has 0 atom stereocenters. The molecule has 1 aliphatic carbocycles. The van der Waals surface area contributed by atoms with Gasteiger partial charge in [0.2, 0.25) is 0 Å². The third-order valence-corrected chi connectivity index (χ3v) is 6.03. The summed E-state index contributed by atoms with van der Waals surface area (Å²) in [7, 11) is 0. The number of carbonyl (C=O) groups excluding carboxylic acids is 1. The van der Waals surface area contributed by atoms with Crippen LogP contribution in [0.5, 0.6) is 17.2 Å². The van der Waals surface area contributed by atoms with Crippen molar-refractivity contribution in [3.05, 3.63) is 47.5 Å². The van der Waals surface area contributed by atoms with E-state index in [1.807, 2.05) is 50.2 Å². The lowest BCUT2D eigenvalue weighted by molar-refractivity contribution is 0.0367. The second kappa shape index (κ2) is 15.0. The van der Waals surface area contributed by atoms with Crippen LogP contribution >= 0.6 is 0 Å². The zero-order chi connectivity index (χ0) is 28.2. The van der Waals surface area contributed by atoms with Crippen LogP contribution in [0.15, 0.2) is 36.4 Å². The number of rotatable bonds is 17. The number of hydrogen-bond donors (Lipinski definition) is 3. The predicted octanol–water partition coefficient (Wildman–Crippen LogP) is 4.68. The van der Waals surface area contributed by atoms with Crippen molar-refractivity contribution in [2.45, 2.75) is 27.2 Å². The topological polar surface area (TPSA) is 125 Å². The molecule has 0 unspecified atom stereocenters. The fraction of sp³-hybridized carbons (Fsp3) is 0.448. The monoisotopic (exact) mass is 554 g/mol. The SMILES string of the molecule is CCOC(=O)NCCOCCOCCOc1cc2c(cc1OCC)Cc1c(Nc3cccc(OCC)c3)n[nH]c1-2. The summed E-state index contributed by atoms with van der Waals surface area (Å²) in [6.45, 7) is 9.54. The number of alkyl carbamates (subject to hydrolysis) is 1. The van der Waals surface area contributed by atoms with Gasteiger partial charge in [-0.2, -0.15) is 5.10 Å². The van der Waals surface area contributed by atoms with Gasteiger partial charge in [0, 0.05) is 35.8 Å². The van der Waals surface area contributed by atoms with Crippen LogP contribution in [0.4, 0.5) is 16.3 Å². The van der Waals surface area contributed by atoms with Gasteiger partial charge in [0.05, 0.1) is 51.9 Å². The first-order valence-electron chi connectivity index (χ1n) is 13.7. The molecule has 11 nitrogen and oxygen atoms in total. The lowest BCUT2D eigenvalue weighted by Crippen LogP contribution is -2.28. The fourth-order valence-electron chi connectivity index (χ4n) is 4.32. The number of benzene rings is 2. The van der Waals surface area contributed by atoms with Gasteiger partial charge in [-0.15, -0.1) is 0 Å². The van der Waals surface area contributed by atoms with E-state index in [1.54, 1.807) is 6.92 Å². The van der Waals surface area contributed by atoms with Gasteiger partial charge >= 0.3 is 6.09 Å². The molecule has 40 heavy (non-hydrogen) atoms. The first-order chi connectivity index (χ1) is 19.6. The Labute approximate surface area is 234 Å². The van der Waals surface area contributed by atoms with Crippen molar-refractivity contribution in [1.82, 2.24) is 15.5 Å². The standard InChI is InChI=1S/C29H38N4O7/c1-4-37-22-9-7-8-21(18-22)31-28-24-16-20-17-25(38-5-2)26(19-23(20)27(24)32-33-28)40-15-14-36-13-12-35-11-10-30-29(34)39-6-3/h7-9,17-19H,4-6,10-16H2,1-3H3,(H,30,34)(H2,31,32,33). The van der Waals surface area contributed by atoms with E-state index in [0.717, 1.165) is 46.1 Å². The van der Waals surface area contributed by atoms with Crippen LogP contribution in [0.25, 0.3) is 11.3 Å². The second-order valence-electron chi connectivity index (χ2n) is 8.80. The number of nitrogens with zero attached hydrogens (tertiary/aromatic N) is 1. The van der Waals surface area contributed by atoms with E-state index < -0.39 is 6.09 Å². The molecule has 0 aliphatic heterocycles. The smallest absolute Gasteiger partial charge is 0.407 e. The molecule has 2 aromatic carbocycles. The second-order valence-corrected chi connectivity index (χ2v) is 8.80. The molecule has 0 spiro atoms. The number of ether oxygens (including phenoxy) is 6. The third-order valence-electron chi connectivity index (χ3n) is 6.03. The van der Waals surface area contributed by atoms with Crippen LogP contribution in [0.2, 0.25) is 0 Å². The minimum Gasteiger partial charge on any atom is -0.494 e. The zero-order valence-electron chi connectivity index (χ0n) is 23.3. The molecular formula is C29H38N4O7. The molecule has 4 rings (SSSR count). The molecule has 1 amide bonds. The van der Waals surface area contributed by atoms with E-state index in [-0.39, 0.29) is 0 Å². The summed E-state index contributed by atoms with van der Waals surface area (Å²) in [6, 6.07) is 11.9. The van der Waals surface area contributed by atoms with Crippen molar-refractivity contribution in [2.75, 3.05) is 64.7 Å². The van der Waals surface area contributed by atoms with E-state index in [2.05, 4.69) is 20.8 Å². The summed E-state index contributed by atoms with van der Waals surface area (Å²) in [4.78, 5) is 11.2. The van der Waals surface area contributed by atoms with E-state index in [4.69, 9.17) is 28.4 Å². The molecule has 0 radical (unpaired) electrons. The number of fused-ring (bicyclic) bond motifs is 3. The van der Waals surface area contributed by atoms with Gasteiger partial charge in [0.25, 0.3) is 0 Å². The maximum Gasteiger partial charge on any atom is 0.407 e. The molecule has 0 saturated heterocycles. The van der Waals surface area contributed by atoms with Crippen molar-refractivity contribution in [3.63, 3.8) is 0 Å². The quantitative estimate of drug-likeness (QED) is 0.160. The normalized spacial score (nSPS) is 11.5. The van der Waals surface area contributed by atoms with Gasteiger partial charge in [-0.05, 0) is 50.6 Å². The lowest BCUT2D eigenvalue weighted by Gasteiger charge is -2.14. The molecule has 0 saturated carbocycles. The number of amides is 1. The number of H-pyrrole nitrogens is 1. The minimum absolute atomic E-state index is 0.341.